The second kappa shape index (κ2) is 8.05. The molecule has 5 heteroatoms. The average Bonchev–Trinajstić information content (AvgIpc) is 2.77. The summed E-state index contributed by atoms with van der Waals surface area (Å²) in [6.45, 7) is 2.14. The molecule has 0 saturated heterocycles. The Bertz CT molecular complexity index is 1160. The van der Waals surface area contributed by atoms with E-state index in [-0.39, 0.29) is 5.60 Å². The maximum Gasteiger partial charge on any atom is 0.261 e. The van der Waals surface area contributed by atoms with Crippen molar-refractivity contribution < 1.29 is 18.3 Å². The summed E-state index contributed by atoms with van der Waals surface area (Å²) in [6.07, 6.45) is 6.56. The van der Waals surface area contributed by atoms with Gasteiger partial charge in [-0.1, -0.05) is 31.2 Å². The Morgan fingerprint density at radius 2 is 1.75 bits per heavy atom. The molecule has 1 heterocycles. The Morgan fingerprint density at radius 3 is 2.38 bits per heavy atom. The smallest absolute Gasteiger partial charge is 0.261 e. The molecule has 3 aromatic rings. The molecular formula is C27H25F2NO2. The minimum absolute atomic E-state index is 0.0358. The first-order chi connectivity index (χ1) is 15.5. The van der Waals surface area contributed by atoms with Gasteiger partial charge in [-0.25, -0.2) is 8.78 Å². The van der Waals surface area contributed by atoms with Gasteiger partial charge in [0, 0.05) is 5.69 Å². The van der Waals surface area contributed by atoms with Crippen molar-refractivity contribution in [3.8, 4) is 16.9 Å². The van der Waals surface area contributed by atoms with E-state index in [2.05, 4.69) is 24.4 Å². The highest BCUT2D eigenvalue weighted by Gasteiger charge is 2.42. The van der Waals surface area contributed by atoms with Crippen molar-refractivity contribution in [1.29, 1.82) is 0 Å². The molecule has 32 heavy (non-hydrogen) atoms. The fourth-order valence-electron chi connectivity index (χ4n) is 4.74. The van der Waals surface area contributed by atoms with Crippen LogP contribution in [0.25, 0.3) is 11.1 Å². The molecule has 5 rings (SSSR count). The summed E-state index contributed by atoms with van der Waals surface area (Å²) in [5.74, 6) is -1.60. The molecular weight excluding hydrogens is 408 g/mol. The van der Waals surface area contributed by atoms with Gasteiger partial charge in [0.1, 0.15) is 28.5 Å². The lowest BCUT2D eigenvalue weighted by Gasteiger charge is -2.45. The standard InChI is InChI=1S/C27H25F2NO2/c1-2-17-15-19-11-14-27(12-4-13-27)32-24(19)16-21(17)18-7-9-20(10-8-18)30-26(31)25-22(28)5-3-6-23(25)29/h3,5-10,15-16H,2,4,11-14H2,1H3,(H,30,31). The summed E-state index contributed by atoms with van der Waals surface area (Å²) in [6, 6.07) is 15.1. The van der Waals surface area contributed by atoms with E-state index in [0.29, 0.717) is 5.69 Å². The molecule has 1 saturated carbocycles. The Kier molecular flexibility index (Phi) is 5.20. The molecule has 1 fully saturated rings. The summed E-state index contributed by atoms with van der Waals surface area (Å²) < 4.78 is 34.2. The zero-order valence-corrected chi connectivity index (χ0v) is 18.0. The topological polar surface area (TPSA) is 38.3 Å². The van der Waals surface area contributed by atoms with E-state index < -0.39 is 23.1 Å². The molecule has 3 nitrogen and oxygen atoms in total. The van der Waals surface area contributed by atoms with E-state index in [0.717, 1.165) is 61.1 Å². The summed E-state index contributed by atoms with van der Waals surface area (Å²) in [4.78, 5) is 12.4. The van der Waals surface area contributed by atoms with Gasteiger partial charge < -0.3 is 10.1 Å². The molecule has 0 atom stereocenters. The Balaban J connectivity index is 1.40. The number of aryl methyl sites for hydroxylation is 2. The highest BCUT2D eigenvalue weighted by Crippen LogP contribution is 2.46. The molecule has 1 aliphatic heterocycles. The van der Waals surface area contributed by atoms with Crippen molar-refractivity contribution in [2.45, 2.75) is 51.0 Å². The van der Waals surface area contributed by atoms with Gasteiger partial charge >= 0.3 is 0 Å². The number of anilines is 1. The number of hydrogen-bond acceptors (Lipinski definition) is 2. The third-order valence-corrected chi connectivity index (χ3v) is 6.75. The molecule has 2 aliphatic rings. The molecule has 0 aromatic heterocycles. The van der Waals surface area contributed by atoms with E-state index in [1.807, 2.05) is 12.1 Å². The minimum Gasteiger partial charge on any atom is -0.487 e. The van der Waals surface area contributed by atoms with Gasteiger partial charge in [-0.15, -0.1) is 0 Å². The SMILES string of the molecule is CCc1cc2c(cc1-c1ccc(NC(=O)c3c(F)cccc3F)cc1)OC1(CCC1)CC2. The zero-order valence-electron chi connectivity index (χ0n) is 18.0. The largest absolute Gasteiger partial charge is 0.487 e. The Labute approximate surface area is 186 Å². The lowest BCUT2D eigenvalue weighted by Crippen LogP contribution is -2.45. The number of halogens is 2. The molecule has 0 bridgehead atoms. The van der Waals surface area contributed by atoms with Gasteiger partial charge in [0.25, 0.3) is 5.91 Å². The van der Waals surface area contributed by atoms with Crippen LogP contribution >= 0.6 is 0 Å². The van der Waals surface area contributed by atoms with Gasteiger partial charge in [0.15, 0.2) is 0 Å². The molecule has 1 amide bonds. The number of carbonyl (C=O) groups is 1. The molecule has 1 N–H and O–H groups in total. The fraction of sp³-hybridized carbons (Fsp3) is 0.296. The summed E-state index contributed by atoms with van der Waals surface area (Å²) in [7, 11) is 0. The van der Waals surface area contributed by atoms with Crippen LogP contribution in [0, 0.1) is 11.6 Å². The van der Waals surface area contributed by atoms with Gasteiger partial charge in [-0.05, 0) is 91.1 Å². The van der Waals surface area contributed by atoms with E-state index >= 15 is 0 Å². The quantitative estimate of drug-likeness (QED) is 0.498. The van der Waals surface area contributed by atoms with Crippen LogP contribution in [0.15, 0.2) is 54.6 Å². The maximum atomic E-state index is 13.9. The third kappa shape index (κ3) is 3.66. The Morgan fingerprint density at radius 1 is 1.03 bits per heavy atom. The lowest BCUT2D eigenvalue weighted by atomic mass is 9.74. The van der Waals surface area contributed by atoms with Gasteiger partial charge in [0.05, 0.1) is 0 Å². The number of benzene rings is 3. The van der Waals surface area contributed by atoms with Gasteiger partial charge in [-0.2, -0.15) is 0 Å². The van der Waals surface area contributed by atoms with Crippen molar-refractivity contribution in [1.82, 2.24) is 0 Å². The number of rotatable bonds is 4. The summed E-state index contributed by atoms with van der Waals surface area (Å²) in [5, 5.41) is 2.58. The van der Waals surface area contributed by atoms with E-state index in [1.54, 1.807) is 12.1 Å². The number of amides is 1. The van der Waals surface area contributed by atoms with Crippen LogP contribution in [-0.2, 0) is 12.8 Å². The van der Waals surface area contributed by atoms with Crippen LogP contribution in [0.1, 0.15) is 54.1 Å². The fourth-order valence-corrected chi connectivity index (χ4v) is 4.74. The third-order valence-electron chi connectivity index (χ3n) is 6.75. The number of hydrogen-bond donors (Lipinski definition) is 1. The molecule has 1 spiro atoms. The van der Waals surface area contributed by atoms with Crippen molar-refractivity contribution in [2.24, 2.45) is 0 Å². The van der Waals surface area contributed by atoms with E-state index in [9.17, 15) is 13.6 Å². The maximum absolute atomic E-state index is 13.9. The predicted octanol–water partition coefficient (Wildman–Crippen LogP) is 6.69. The van der Waals surface area contributed by atoms with Gasteiger partial charge in [0.2, 0.25) is 0 Å². The second-order valence-electron chi connectivity index (χ2n) is 8.74. The summed E-state index contributed by atoms with van der Waals surface area (Å²) >= 11 is 0. The Hall–Kier alpha value is -3.21. The molecule has 3 aromatic carbocycles. The molecule has 164 valence electrons. The van der Waals surface area contributed by atoms with Gasteiger partial charge in [-0.3, -0.25) is 4.79 Å². The van der Waals surface area contributed by atoms with Crippen LogP contribution in [0.2, 0.25) is 0 Å². The molecule has 0 radical (unpaired) electrons. The number of fused-ring (bicyclic) bond motifs is 1. The van der Waals surface area contributed by atoms with Crippen LogP contribution < -0.4 is 10.1 Å². The highest BCUT2D eigenvalue weighted by molar-refractivity contribution is 6.04. The number of carbonyl (C=O) groups excluding carboxylic acids is 1. The average molecular weight is 433 g/mol. The first kappa shape index (κ1) is 20.7. The van der Waals surface area contributed by atoms with E-state index in [4.69, 9.17) is 4.74 Å². The normalized spacial score (nSPS) is 16.1. The van der Waals surface area contributed by atoms with Crippen LogP contribution in [-0.4, -0.2) is 11.5 Å². The number of nitrogens with one attached hydrogen (secondary N) is 1. The van der Waals surface area contributed by atoms with Crippen molar-refractivity contribution >= 4 is 11.6 Å². The summed E-state index contributed by atoms with van der Waals surface area (Å²) in [5.41, 5.74) is 4.58. The molecule has 1 aliphatic carbocycles. The minimum atomic E-state index is -0.884. The van der Waals surface area contributed by atoms with Crippen LogP contribution in [0.4, 0.5) is 14.5 Å². The second-order valence-corrected chi connectivity index (χ2v) is 8.74. The van der Waals surface area contributed by atoms with Crippen LogP contribution in [0.3, 0.4) is 0 Å². The van der Waals surface area contributed by atoms with Crippen molar-refractivity contribution in [2.75, 3.05) is 5.32 Å². The van der Waals surface area contributed by atoms with E-state index in [1.165, 1.54) is 23.6 Å². The van der Waals surface area contributed by atoms with Crippen LogP contribution in [0.5, 0.6) is 5.75 Å². The lowest BCUT2D eigenvalue weighted by molar-refractivity contribution is -0.0249. The molecule has 0 unspecified atom stereocenters. The predicted molar refractivity (Wildman–Crippen MR) is 121 cm³/mol. The number of ether oxygens (including phenoxy) is 1. The monoisotopic (exact) mass is 433 g/mol. The zero-order chi connectivity index (χ0) is 22.3. The van der Waals surface area contributed by atoms with Crippen molar-refractivity contribution in [3.05, 3.63) is 82.9 Å². The first-order valence-corrected chi connectivity index (χ1v) is 11.2. The first-order valence-electron chi connectivity index (χ1n) is 11.2. The van der Waals surface area contributed by atoms with Crippen molar-refractivity contribution in [3.63, 3.8) is 0 Å². The highest BCUT2D eigenvalue weighted by atomic mass is 19.1.